The normalized spacial score (nSPS) is 19.2. The lowest BCUT2D eigenvalue weighted by Crippen LogP contribution is -2.68. The van der Waals surface area contributed by atoms with E-state index in [0.717, 1.165) is 22.2 Å². The maximum atomic E-state index is 15.0. The van der Waals surface area contributed by atoms with Crippen LogP contribution in [0.15, 0.2) is 94.4 Å². The molecule has 5 rings (SSSR count). The number of halogens is 3. The molecular weight excluding hydrogens is 477 g/mol. The van der Waals surface area contributed by atoms with Crippen molar-refractivity contribution in [3.05, 3.63) is 106 Å². The molecule has 9 heteroatoms. The van der Waals surface area contributed by atoms with E-state index in [1.54, 1.807) is 67.6 Å². The molecule has 2 aliphatic rings. The van der Waals surface area contributed by atoms with Gasteiger partial charge in [-0.05, 0) is 24.6 Å². The molecule has 1 atom stereocenters. The topological polar surface area (TPSA) is 58.6 Å². The molecule has 3 aromatic carbocycles. The van der Waals surface area contributed by atoms with Crippen LogP contribution in [0.4, 0.5) is 18.9 Å². The number of esters is 1. The Morgan fingerprint density at radius 3 is 2.34 bits per heavy atom. The van der Waals surface area contributed by atoms with E-state index in [1.165, 1.54) is 18.2 Å². The number of benzene rings is 3. The van der Waals surface area contributed by atoms with Crippen LogP contribution in [0.2, 0.25) is 0 Å². The first-order chi connectivity index (χ1) is 16.7. The first-order valence-corrected chi connectivity index (χ1v) is 11.5. The van der Waals surface area contributed by atoms with Crippen molar-refractivity contribution in [2.45, 2.75) is 30.3 Å². The zero-order chi connectivity index (χ0) is 24.8. The van der Waals surface area contributed by atoms with Gasteiger partial charge < -0.3 is 10.1 Å². The van der Waals surface area contributed by atoms with E-state index in [-0.39, 0.29) is 22.9 Å². The van der Waals surface area contributed by atoms with E-state index in [9.17, 15) is 22.8 Å². The summed E-state index contributed by atoms with van der Waals surface area (Å²) < 4.78 is 50.3. The summed E-state index contributed by atoms with van der Waals surface area (Å²) in [6.07, 6.45) is -4.93. The number of nitrogens with one attached hydrogen (secondary N) is 1. The second-order valence-corrected chi connectivity index (χ2v) is 9.21. The fourth-order valence-corrected chi connectivity index (χ4v) is 5.42. The van der Waals surface area contributed by atoms with Crippen LogP contribution in [0.25, 0.3) is 0 Å². The number of aryl methyl sites for hydroxylation is 1. The summed E-state index contributed by atoms with van der Waals surface area (Å²) in [5.74, 6) is -2.14. The van der Waals surface area contributed by atoms with E-state index < -0.39 is 29.3 Å². The molecule has 0 saturated heterocycles. The number of carbonyl (C=O) groups excluding carboxylic acids is 2. The van der Waals surface area contributed by atoms with Crippen LogP contribution in [0, 0.1) is 6.92 Å². The molecule has 0 saturated carbocycles. The lowest BCUT2D eigenvalue weighted by Gasteiger charge is -2.47. The molecule has 0 aromatic heterocycles. The van der Waals surface area contributed by atoms with Crippen molar-refractivity contribution < 1.29 is 27.5 Å². The average Bonchev–Trinajstić information content (AvgIpc) is 3.22. The molecule has 0 aliphatic carbocycles. The summed E-state index contributed by atoms with van der Waals surface area (Å²) in [4.78, 5) is 27.8. The largest absolute Gasteiger partial charge is 0.457 e. The number of para-hydroxylation sites is 1. The quantitative estimate of drug-likeness (QED) is 0.387. The molecule has 2 heterocycles. The number of fused-ring (bicyclic) bond motifs is 3. The fraction of sp³-hybridized carbons (Fsp3) is 0.154. The van der Waals surface area contributed by atoms with Crippen LogP contribution in [0.1, 0.15) is 16.7 Å². The second kappa shape index (κ2) is 8.49. The second-order valence-electron chi connectivity index (χ2n) is 8.18. The zero-order valence-corrected chi connectivity index (χ0v) is 19.2. The van der Waals surface area contributed by atoms with Crippen LogP contribution >= 0.6 is 11.8 Å². The molecule has 0 fully saturated rings. The molecule has 2 aliphatic heterocycles. The number of ether oxygens (including phenoxy) is 1. The van der Waals surface area contributed by atoms with Gasteiger partial charge in [0.2, 0.25) is 5.66 Å². The van der Waals surface area contributed by atoms with Gasteiger partial charge in [-0.25, -0.2) is 4.79 Å². The van der Waals surface area contributed by atoms with Crippen LogP contribution in [-0.4, -0.2) is 18.1 Å². The molecule has 0 bridgehead atoms. The highest BCUT2D eigenvalue weighted by Gasteiger charge is 2.66. The highest BCUT2D eigenvalue weighted by atomic mass is 32.2. The van der Waals surface area contributed by atoms with Crippen molar-refractivity contribution in [2.75, 3.05) is 4.90 Å². The first-order valence-electron chi connectivity index (χ1n) is 10.7. The highest BCUT2D eigenvalue weighted by Crippen LogP contribution is 2.57. The zero-order valence-electron chi connectivity index (χ0n) is 18.4. The molecule has 1 amide bonds. The molecule has 5 nitrogen and oxygen atoms in total. The van der Waals surface area contributed by atoms with Crippen molar-refractivity contribution >= 4 is 29.3 Å². The van der Waals surface area contributed by atoms with Gasteiger partial charge in [0.15, 0.2) is 5.57 Å². The van der Waals surface area contributed by atoms with Crippen molar-refractivity contribution in [1.29, 1.82) is 0 Å². The van der Waals surface area contributed by atoms with Crippen LogP contribution in [-0.2, 0) is 26.6 Å². The van der Waals surface area contributed by atoms with Crippen molar-refractivity contribution in [3.63, 3.8) is 0 Å². The summed E-state index contributed by atoms with van der Waals surface area (Å²) in [7, 11) is 0. The van der Waals surface area contributed by atoms with Gasteiger partial charge in [0.1, 0.15) is 11.6 Å². The lowest BCUT2D eigenvalue weighted by molar-refractivity contribution is -0.202. The third-order valence-electron chi connectivity index (χ3n) is 5.88. The molecule has 0 spiro atoms. The molecule has 0 radical (unpaired) electrons. The minimum Gasteiger partial charge on any atom is -0.457 e. The Bertz CT molecular complexity index is 1340. The number of amides is 1. The predicted octanol–water partition coefficient (Wildman–Crippen LogP) is 5.41. The maximum absolute atomic E-state index is 15.0. The Balaban J connectivity index is 1.66. The number of hydrogen-bond donors (Lipinski definition) is 1. The van der Waals surface area contributed by atoms with Crippen molar-refractivity contribution in [3.8, 4) is 0 Å². The first kappa shape index (κ1) is 23.0. The van der Waals surface area contributed by atoms with Crippen molar-refractivity contribution in [2.24, 2.45) is 0 Å². The number of thioether (sulfide) groups is 1. The van der Waals surface area contributed by atoms with E-state index >= 15 is 0 Å². The Morgan fingerprint density at radius 1 is 1.00 bits per heavy atom. The van der Waals surface area contributed by atoms with Gasteiger partial charge in [0, 0.05) is 10.5 Å². The summed E-state index contributed by atoms with van der Waals surface area (Å²) in [5, 5.41) is 2.02. The third kappa shape index (κ3) is 3.76. The minimum atomic E-state index is -4.93. The van der Waals surface area contributed by atoms with Crippen molar-refractivity contribution in [1.82, 2.24) is 5.32 Å². The Morgan fingerprint density at radius 2 is 1.66 bits per heavy atom. The van der Waals surface area contributed by atoms with Gasteiger partial charge in [-0.3, -0.25) is 9.69 Å². The Hall–Kier alpha value is -3.72. The number of hydrogen-bond acceptors (Lipinski definition) is 5. The monoisotopic (exact) mass is 496 g/mol. The van der Waals surface area contributed by atoms with E-state index in [4.69, 9.17) is 4.74 Å². The molecular formula is C26H19F3N2O3S. The molecule has 1 N–H and O–H groups in total. The average molecular weight is 497 g/mol. The fourth-order valence-electron chi connectivity index (χ4n) is 4.20. The summed E-state index contributed by atoms with van der Waals surface area (Å²) >= 11 is 0.942. The SMILES string of the molecule is Cc1ccc([C@]2(C(F)(F)F)NC(=O)C(C(=O)OCc3ccccc3)=C3Sc4ccccc4N32)cc1. The van der Waals surface area contributed by atoms with Gasteiger partial charge >= 0.3 is 12.1 Å². The van der Waals surface area contributed by atoms with Gasteiger partial charge in [-0.15, -0.1) is 0 Å². The third-order valence-corrected chi connectivity index (χ3v) is 7.03. The van der Waals surface area contributed by atoms with Crippen LogP contribution in [0.5, 0.6) is 0 Å². The lowest BCUT2D eigenvalue weighted by atomic mass is 9.92. The van der Waals surface area contributed by atoms with E-state index in [0.29, 0.717) is 10.5 Å². The Labute approximate surface area is 203 Å². The van der Waals surface area contributed by atoms with Crippen LogP contribution in [0.3, 0.4) is 0 Å². The summed E-state index contributed by atoms with van der Waals surface area (Å²) in [6.45, 7) is 1.64. The molecule has 0 unspecified atom stereocenters. The highest BCUT2D eigenvalue weighted by molar-refractivity contribution is 8.03. The Kier molecular flexibility index (Phi) is 5.59. The van der Waals surface area contributed by atoms with E-state index in [2.05, 4.69) is 5.32 Å². The molecule has 3 aromatic rings. The minimum absolute atomic E-state index is 0.120. The summed E-state index contributed by atoms with van der Waals surface area (Å²) in [5.41, 5.74) is -1.85. The number of nitrogens with zero attached hydrogens (tertiary/aromatic N) is 1. The molecule has 178 valence electrons. The standard InChI is InChI=1S/C26H19F3N2O3S/c1-16-11-13-18(14-12-16)25(26(27,28)29)30-22(32)21(24(33)34-15-17-7-3-2-4-8-17)23-31(25)19-9-5-6-10-20(19)35-23/h2-14H,15H2,1H3,(H,30,32)/t25-/m0/s1. The van der Waals surface area contributed by atoms with Gasteiger partial charge in [-0.1, -0.05) is 84.1 Å². The number of anilines is 1. The molecule has 35 heavy (non-hydrogen) atoms. The number of carbonyl (C=O) groups is 2. The smallest absolute Gasteiger partial charge is 0.435 e. The van der Waals surface area contributed by atoms with Crippen LogP contribution < -0.4 is 10.2 Å². The summed E-state index contributed by atoms with van der Waals surface area (Å²) in [6, 6.07) is 21.1. The van der Waals surface area contributed by atoms with E-state index in [1.807, 2.05) is 0 Å². The van der Waals surface area contributed by atoms with Gasteiger partial charge in [0.05, 0.1) is 5.69 Å². The van der Waals surface area contributed by atoms with Gasteiger partial charge in [-0.2, -0.15) is 13.2 Å². The number of rotatable bonds is 4. The van der Waals surface area contributed by atoms with Gasteiger partial charge in [0.25, 0.3) is 5.91 Å². The predicted molar refractivity (Wildman–Crippen MR) is 125 cm³/mol. The number of alkyl halides is 3. The maximum Gasteiger partial charge on any atom is 0.435 e.